The largest absolute Gasteiger partial charge is 0.494 e. The van der Waals surface area contributed by atoms with Crippen LogP contribution in [-0.4, -0.2) is 26.1 Å². The van der Waals surface area contributed by atoms with Crippen LogP contribution >= 0.6 is 0 Å². The van der Waals surface area contributed by atoms with E-state index in [-0.39, 0.29) is 17.2 Å². The van der Waals surface area contributed by atoms with Gasteiger partial charge in [0.25, 0.3) is 5.91 Å². The average molecular weight is 206 g/mol. The molecule has 0 atom stereocenters. The topological polar surface area (TPSA) is 67.8 Å². The Bertz CT molecular complexity index is 423. The number of amides is 1. The lowest BCUT2D eigenvalue weighted by Crippen LogP contribution is -2.17. The number of nitrogens with zero attached hydrogens (tertiary/aromatic N) is 1. The van der Waals surface area contributed by atoms with Crippen LogP contribution in [0.3, 0.4) is 0 Å². The number of para-hydroxylation sites is 1. The van der Waals surface area contributed by atoms with Gasteiger partial charge in [0.2, 0.25) is 6.08 Å². The Morgan fingerprint density at radius 2 is 2.27 bits per heavy atom. The van der Waals surface area contributed by atoms with Crippen molar-refractivity contribution in [3.05, 3.63) is 23.8 Å². The summed E-state index contributed by atoms with van der Waals surface area (Å²) in [6.07, 6.45) is 1.39. The molecule has 0 heterocycles. The summed E-state index contributed by atoms with van der Waals surface area (Å²) in [5.41, 5.74) is 0.467. The van der Waals surface area contributed by atoms with Gasteiger partial charge in [-0.05, 0) is 12.1 Å². The smallest absolute Gasteiger partial charge is 0.253 e. The highest BCUT2D eigenvalue weighted by Gasteiger charge is 2.13. The second kappa shape index (κ2) is 4.93. The van der Waals surface area contributed by atoms with Gasteiger partial charge in [-0.15, -0.1) is 0 Å². The van der Waals surface area contributed by atoms with Crippen LogP contribution < -0.4 is 10.1 Å². The summed E-state index contributed by atoms with van der Waals surface area (Å²) in [5.74, 6) is 0.0300. The lowest BCUT2D eigenvalue weighted by atomic mass is 10.1. The SMILES string of the molecule is CNC(=O)c1cccc(OC)c1N=C=O. The molecule has 1 aromatic rings. The first-order valence-corrected chi connectivity index (χ1v) is 4.21. The molecule has 0 bridgehead atoms. The molecule has 5 heteroatoms. The Balaban J connectivity index is 3.37. The number of methoxy groups -OCH3 is 1. The third kappa shape index (κ3) is 2.21. The predicted octanol–water partition coefficient (Wildman–Crippen LogP) is 1.02. The van der Waals surface area contributed by atoms with E-state index in [1.54, 1.807) is 18.2 Å². The minimum atomic E-state index is -0.331. The Morgan fingerprint density at radius 3 is 2.80 bits per heavy atom. The van der Waals surface area contributed by atoms with E-state index in [1.807, 2.05) is 0 Å². The quantitative estimate of drug-likeness (QED) is 0.593. The number of nitrogens with one attached hydrogen (secondary N) is 1. The van der Waals surface area contributed by atoms with Gasteiger partial charge in [-0.2, -0.15) is 4.99 Å². The van der Waals surface area contributed by atoms with E-state index in [0.29, 0.717) is 5.75 Å². The molecular formula is C10H10N2O3. The normalized spacial score (nSPS) is 8.93. The highest BCUT2D eigenvalue weighted by Crippen LogP contribution is 2.30. The molecule has 0 aliphatic rings. The minimum absolute atomic E-state index is 0.189. The van der Waals surface area contributed by atoms with E-state index >= 15 is 0 Å². The molecule has 1 rings (SSSR count). The van der Waals surface area contributed by atoms with E-state index in [1.165, 1.54) is 20.2 Å². The van der Waals surface area contributed by atoms with Crippen LogP contribution in [-0.2, 0) is 4.79 Å². The number of hydrogen-bond acceptors (Lipinski definition) is 4. The number of carbonyl (C=O) groups excluding carboxylic acids is 2. The molecule has 0 spiro atoms. The fourth-order valence-electron chi connectivity index (χ4n) is 1.17. The number of hydrogen-bond donors (Lipinski definition) is 1. The molecule has 15 heavy (non-hydrogen) atoms. The van der Waals surface area contributed by atoms with Crippen molar-refractivity contribution >= 4 is 17.7 Å². The molecule has 1 N–H and O–H groups in total. The number of aliphatic imine (C=N–C) groups is 1. The third-order valence-corrected chi connectivity index (χ3v) is 1.85. The van der Waals surface area contributed by atoms with Gasteiger partial charge in [0.1, 0.15) is 11.4 Å². The second-order valence-corrected chi connectivity index (χ2v) is 2.64. The van der Waals surface area contributed by atoms with Crippen LogP contribution in [0.2, 0.25) is 0 Å². The van der Waals surface area contributed by atoms with Gasteiger partial charge in [-0.3, -0.25) is 4.79 Å². The number of carbonyl (C=O) groups is 1. The van der Waals surface area contributed by atoms with Crippen LogP contribution in [0, 0.1) is 0 Å². The zero-order valence-corrected chi connectivity index (χ0v) is 8.40. The molecule has 5 nitrogen and oxygen atoms in total. The maximum atomic E-state index is 11.4. The summed E-state index contributed by atoms with van der Waals surface area (Å²) in [6.45, 7) is 0. The molecule has 0 fully saturated rings. The van der Waals surface area contributed by atoms with Crippen LogP contribution in [0.1, 0.15) is 10.4 Å². The molecule has 0 aromatic heterocycles. The maximum Gasteiger partial charge on any atom is 0.253 e. The van der Waals surface area contributed by atoms with Crippen LogP contribution in [0.5, 0.6) is 5.75 Å². The van der Waals surface area contributed by atoms with Gasteiger partial charge < -0.3 is 10.1 Å². The van der Waals surface area contributed by atoms with Gasteiger partial charge >= 0.3 is 0 Å². The average Bonchev–Trinajstić information content (AvgIpc) is 2.28. The first-order valence-electron chi connectivity index (χ1n) is 4.21. The van der Waals surface area contributed by atoms with Gasteiger partial charge in [-0.25, -0.2) is 4.79 Å². The number of benzene rings is 1. The van der Waals surface area contributed by atoms with E-state index in [4.69, 9.17) is 4.74 Å². The van der Waals surface area contributed by atoms with Gasteiger partial charge in [0.15, 0.2) is 0 Å². The minimum Gasteiger partial charge on any atom is -0.494 e. The lowest BCUT2D eigenvalue weighted by molar-refractivity contribution is 0.0963. The summed E-state index contributed by atoms with van der Waals surface area (Å²) in [7, 11) is 2.93. The Labute approximate surface area is 86.8 Å². The molecule has 1 amide bonds. The van der Waals surface area contributed by atoms with Crippen molar-refractivity contribution in [3.8, 4) is 5.75 Å². The van der Waals surface area contributed by atoms with E-state index in [9.17, 15) is 9.59 Å². The Kier molecular flexibility index (Phi) is 3.60. The Hall–Kier alpha value is -2.13. The molecule has 1 aromatic carbocycles. The van der Waals surface area contributed by atoms with Gasteiger partial charge in [-0.1, -0.05) is 6.07 Å². The summed E-state index contributed by atoms with van der Waals surface area (Å²) >= 11 is 0. The second-order valence-electron chi connectivity index (χ2n) is 2.64. The maximum absolute atomic E-state index is 11.4. The van der Waals surface area contributed by atoms with Crippen LogP contribution in [0.25, 0.3) is 0 Å². The first kappa shape index (κ1) is 10.9. The van der Waals surface area contributed by atoms with Crippen molar-refractivity contribution in [2.24, 2.45) is 4.99 Å². The lowest BCUT2D eigenvalue weighted by Gasteiger charge is -2.07. The molecule has 0 saturated carbocycles. The monoisotopic (exact) mass is 206 g/mol. The molecule has 0 aliphatic heterocycles. The molecule has 0 unspecified atom stereocenters. The fourth-order valence-corrected chi connectivity index (χ4v) is 1.17. The van der Waals surface area contributed by atoms with Crippen LogP contribution in [0.15, 0.2) is 23.2 Å². The number of isocyanates is 1. The molecule has 0 saturated heterocycles. The van der Waals surface area contributed by atoms with E-state index in [0.717, 1.165) is 0 Å². The third-order valence-electron chi connectivity index (χ3n) is 1.85. The zero-order chi connectivity index (χ0) is 11.3. The van der Waals surface area contributed by atoms with Crippen LogP contribution in [0.4, 0.5) is 5.69 Å². The highest BCUT2D eigenvalue weighted by atomic mass is 16.5. The standard InChI is InChI=1S/C10H10N2O3/c1-11-10(14)7-4-3-5-8(15-2)9(7)12-6-13/h3-5H,1-2H3,(H,11,14). The van der Waals surface area contributed by atoms with Gasteiger partial charge in [0, 0.05) is 7.05 Å². The predicted molar refractivity (Wildman–Crippen MR) is 54.2 cm³/mol. The molecule has 78 valence electrons. The van der Waals surface area contributed by atoms with Crippen molar-refractivity contribution in [1.29, 1.82) is 0 Å². The van der Waals surface area contributed by atoms with E-state index < -0.39 is 0 Å². The van der Waals surface area contributed by atoms with Crippen molar-refractivity contribution < 1.29 is 14.3 Å². The zero-order valence-electron chi connectivity index (χ0n) is 8.40. The number of rotatable bonds is 3. The highest BCUT2D eigenvalue weighted by molar-refractivity contribution is 6.00. The van der Waals surface area contributed by atoms with Crippen molar-refractivity contribution in [3.63, 3.8) is 0 Å². The molecular weight excluding hydrogens is 196 g/mol. The van der Waals surface area contributed by atoms with E-state index in [2.05, 4.69) is 10.3 Å². The molecule has 0 radical (unpaired) electrons. The summed E-state index contributed by atoms with van der Waals surface area (Å²) < 4.78 is 4.98. The summed E-state index contributed by atoms with van der Waals surface area (Å²) in [4.78, 5) is 25.1. The first-order chi connectivity index (χ1) is 7.24. The summed E-state index contributed by atoms with van der Waals surface area (Å²) in [5, 5.41) is 2.45. The van der Waals surface area contributed by atoms with Crippen molar-refractivity contribution in [1.82, 2.24) is 5.32 Å². The van der Waals surface area contributed by atoms with Crippen molar-refractivity contribution in [2.75, 3.05) is 14.2 Å². The molecule has 0 aliphatic carbocycles. The summed E-state index contributed by atoms with van der Waals surface area (Å²) in [6, 6.07) is 4.81. The Morgan fingerprint density at radius 1 is 1.53 bits per heavy atom. The fraction of sp³-hybridized carbons (Fsp3) is 0.200. The van der Waals surface area contributed by atoms with Crippen molar-refractivity contribution in [2.45, 2.75) is 0 Å². The van der Waals surface area contributed by atoms with Gasteiger partial charge in [0.05, 0.1) is 12.7 Å². The number of ether oxygens (including phenoxy) is 1.